The average molecular weight is 260 g/mol. The molecule has 0 aliphatic heterocycles. The first-order valence-electron chi connectivity index (χ1n) is 7.28. The second kappa shape index (κ2) is 6.09. The minimum Gasteiger partial charge on any atom is -0.399 e. The second-order valence-electron chi connectivity index (χ2n) is 5.61. The molecule has 19 heavy (non-hydrogen) atoms. The first-order valence-corrected chi connectivity index (χ1v) is 7.28. The summed E-state index contributed by atoms with van der Waals surface area (Å²) >= 11 is 0. The van der Waals surface area contributed by atoms with Gasteiger partial charge < -0.3 is 11.1 Å². The Labute approximate surface area is 115 Å². The van der Waals surface area contributed by atoms with E-state index in [9.17, 15) is 4.79 Å². The summed E-state index contributed by atoms with van der Waals surface area (Å²) in [5.41, 5.74) is 8.11. The number of hydrogen-bond acceptors (Lipinski definition) is 2. The van der Waals surface area contributed by atoms with E-state index in [2.05, 4.69) is 12.2 Å². The van der Waals surface area contributed by atoms with Crippen LogP contribution in [0.2, 0.25) is 0 Å². The van der Waals surface area contributed by atoms with Gasteiger partial charge in [-0.25, -0.2) is 0 Å². The minimum atomic E-state index is 0.0233. The lowest BCUT2D eigenvalue weighted by Crippen LogP contribution is -2.42. The number of nitrogens with one attached hydrogen (secondary N) is 1. The lowest BCUT2D eigenvalue weighted by molar-refractivity contribution is 0.0904. The van der Waals surface area contributed by atoms with E-state index in [-0.39, 0.29) is 5.91 Å². The van der Waals surface area contributed by atoms with Crippen molar-refractivity contribution in [3.8, 4) is 0 Å². The van der Waals surface area contributed by atoms with E-state index >= 15 is 0 Å². The molecule has 3 N–H and O–H groups in total. The van der Waals surface area contributed by atoms with E-state index in [1.165, 1.54) is 19.3 Å². The van der Waals surface area contributed by atoms with Gasteiger partial charge in [0.05, 0.1) is 0 Å². The maximum atomic E-state index is 12.4. The van der Waals surface area contributed by atoms with Gasteiger partial charge in [0.15, 0.2) is 0 Å². The van der Waals surface area contributed by atoms with Crippen LogP contribution in [0.3, 0.4) is 0 Å². The van der Waals surface area contributed by atoms with Crippen LogP contribution in [0, 0.1) is 12.8 Å². The van der Waals surface area contributed by atoms with Crippen LogP contribution in [-0.4, -0.2) is 11.9 Å². The average Bonchev–Trinajstić information content (AvgIpc) is 2.42. The Morgan fingerprint density at radius 3 is 2.84 bits per heavy atom. The van der Waals surface area contributed by atoms with Crippen molar-refractivity contribution in [2.75, 3.05) is 5.73 Å². The molecule has 1 saturated carbocycles. The number of nitrogens with two attached hydrogens (primary N) is 1. The topological polar surface area (TPSA) is 55.1 Å². The highest BCUT2D eigenvalue weighted by atomic mass is 16.1. The molecule has 0 aromatic heterocycles. The SMILES string of the molecule is CCC1CCCCC1NC(=O)c1cc(N)ccc1C. The fourth-order valence-electron chi connectivity index (χ4n) is 3.02. The molecule has 1 fully saturated rings. The van der Waals surface area contributed by atoms with Gasteiger partial charge >= 0.3 is 0 Å². The summed E-state index contributed by atoms with van der Waals surface area (Å²) in [4.78, 5) is 12.4. The van der Waals surface area contributed by atoms with Gasteiger partial charge in [0.2, 0.25) is 0 Å². The molecular formula is C16H24N2O. The quantitative estimate of drug-likeness (QED) is 0.819. The summed E-state index contributed by atoms with van der Waals surface area (Å²) in [6, 6.07) is 5.84. The zero-order chi connectivity index (χ0) is 13.8. The number of rotatable bonds is 3. The van der Waals surface area contributed by atoms with Gasteiger partial charge in [0, 0.05) is 17.3 Å². The van der Waals surface area contributed by atoms with Crippen molar-refractivity contribution in [3.63, 3.8) is 0 Å². The summed E-state index contributed by atoms with van der Waals surface area (Å²) < 4.78 is 0. The number of amides is 1. The van der Waals surface area contributed by atoms with Crippen molar-refractivity contribution in [2.24, 2.45) is 5.92 Å². The molecule has 0 bridgehead atoms. The Morgan fingerprint density at radius 1 is 1.37 bits per heavy atom. The molecule has 0 heterocycles. The maximum absolute atomic E-state index is 12.4. The number of anilines is 1. The van der Waals surface area contributed by atoms with Crippen LogP contribution < -0.4 is 11.1 Å². The van der Waals surface area contributed by atoms with E-state index in [0.717, 1.165) is 18.4 Å². The highest BCUT2D eigenvalue weighted by Crippen LogP contribution is 2.27. The van der Waals surface area contributed by atoms with Crippen LogP contribution in [0.5, 0.6) is 0 Å². The largest absolute Gasteiger partial charge is 0.399 e. The lowest BCUT2D eigenvalue weighted by atomic mass is 9.82. The highest BCUT2D eigenvalue weighted by Gasteiger charge is 2.25. The third-order valence-corrected chi connectivity index (χ3v) is 4.26. The summed E-state index contributed by atoms with van der Waals surface area (Å²) in [5.74, 6) is 0.647. The maximum Gasteiger partial charge on any atom is 0.251 e. The summed E-state index contributed by atoms with van der Waals surface area (Å²) in [5, 5.41) is 3.21. The van der Waals surface area contributed by atoms with Gasteiger partial charge in [-0.3, -0.25) is 4.79 Å². The number of aryl methyl sites for hydroxylation is 1. The Morgan fingerprint density at radius 2 is 2.11 bits per heavy atom. The van der Waals surface area contributed by atoms with Crippen LogP contribution in [0.4, 0.5) is 5.69 Å². The van der Waals surface area contributed by atoms with E-state index in [4.69, 9.17) is 5.73 Å². The molecule has 1 aromatic carbocycles. The lowest BCUT2D eigenvalue weighted by Gasteiger charge is -2.31. The van der Waals surface area contributed by atoms with Crippen LogP contribution in [0.1, 0.15) is 54.9 Å². The van der Waals surface area contributed by atoms with Gasteiger partial charge in [0.1, 0.15) is 0 Å². The fourth-order valence-corrected chi connectivity index (χ4v) is 3.02. The van der Waals surface area contributed by atoms with Gasteiger partial charge in [-0.2, -0.15) is 0 Å². The number of nitrogen functional groups attached to an aromatic ring is 1. The van der Waals surface area contributed by atoms with Crippen LogP contribution in [0.15, 0.2) is 18.2 Å². The Hall–Kier alpha value is -1.51. The Bertz CT molecular complexity index is 456. The molecule has 0 radical (unpaired) electrons. The third-order valence-electron chi connectivity index (χ3n) is 4.26. The molecule has 1 aliphatic carbocycles. The number of benzene rings is 1. The second-order valence-corrected chi connectivity index (χ2v) is 5.61. The predicted octanol–water partition coefficient (Wildman–Crippen LogP) is 3.28. The predicted molar refractivity (Wildman–Crippen MR) is 79.1 cm³/mol. The first-order chi connectivity index (χ1) is 9.11. The van der Waals surface area contributed by atoms with Gasteiger partial charge in [0.25, 0.3) is 5.91 Å². The van der Waals surface area contributed by atoms with Crippen LogP contribution in [0.25, 0.3) is 0 Å². The Balaban J connectivity index is 2.09. The van der Waals surface area contributed by atoms with Crippen molar-refractivity contribution in [3.05, 3.63) is 29.3 Å². The summed E-state index contributed by atoms with van der Waals surface area (Å²) in [6.45, 7) is 4.16. The monoisotopic (exact) mass is 260 g/mol. The Kier molecular flexibility index (Phi) is 4.46. The molecule has 1 aliphatic rings. The van der Waals surface area contributed by atoms with Crippen LogP contribution in [-0.2, 0) is 0 Å². The van der Waals surface area contributed by atoms with Crippen LogP contribution >= 0.6 is 0 Å². The molecule has 0 saturated heterocycles. The molecule has 3 nitrogen and oxygen atoms in total. The molecule has 1 amide bonds. The van der Waals surface area contributed by atoms with Gasteiger partial charge in [-0.1, -0.05) is 32.3 Å². The van der Waals surface area contributed by atoms with Crippen molar-refractivity contribution in [1.29, 1.82) is 0 Å². The zero-order valence-corrected chi connectivity index (χ0v) is 11.9. The van der Waals surface area contributed by atoms with Crippen molar-refractivity contribution >= 4 is 11.6 Å². The van der Waals surface area contributed by atoms with Gasteiger partial charge in [-0.15, -0.1) is 0 Å². The smallest absolute Gasteiger partial charge is 0.251 e. The molecular weight excluding hydrogens is 236 g/mol. The fraction of sp³-hybridized carbons (Fsp3) is 0.562. The first kappa shape index (κ1) is 13.9. The standard InChI is InChI=1S/C16H24N2O/c1-3-12-6-4-5-7-15(12)18-16(19)14-10-13(17)9-8-11(14)2/h8-10,12,15H,3-7,17H2,1-2H3,(H,18,19). The normalized spacial score (nSPS) is 23.1. The zero-order valence-electron chi connectivity index (χ0n) is 11.9. The molecule has 2 rings (SSSR count). The minimum absolute atomic E-state index is 0.0233. The van der Waals surface area contributed by atoms with Crippen molar-refractivity contribution in [1.82, 2.24) is 5.32 Å². The van der Waals surface area contributed by atoms with Gasteiger partial charge in [-0.05, 0) is 43.4 Å². The highest BCUT2D eigenvalue weighted by molar-refractivity contribution is 5.96. The number of carbonyl (C=O) groups excluding carboxylic acids is 1. The molecule has 104 valence electrons. The molecule has 1 aromatic rings. The van der Waals surface area contributed by atoms with Crippen molar-refractivity contribution in [2.45, 2.75) is 52.0 Å². The molecule has 2 unspecified atom stereocenters. The molecule has 2 atom stereocenters. The molecule has 0 spiro atoms. The van der Waals surface area contributed by atoms with E-state index < -0.39 is 0 Å². The number of carbonyl (C=O) groups is 1. The summed E-state index contributed by atoms with van der Waals surface area (Å²) in [7, 11) is 0. The van der Waals surface area contributed by atoms with E-state index in [1.54, 1.807) is 6.07 Å². The molecule has 3 heteroatoms. The van der Waals surface area contributed by atoms with Crippen molar-refractivity contribution < 1.29 is 4.79 Å². The summed E-state index contributed by atoms with van der Waals surface area (Å²) in [6.07, 6.45) is 5.99. The van der Waals surface area contributed by atoms with E-state index in [1.807, 2.05) is 19.1 Å². The van der Waals surface area contributed by atoms with E-state index in [0.29, 0.717) is 23.2 Å². The number of hydrogen-bond donors (Lipinski definition) is 2. The third kappa shape index (κ3) is 3.28.